The summed E-state index contributed by atoms with van der Waals surface area (Å²) in [4.78, 5) is 4.36. The number of nitrogens with one attached hydrogen (secondary N) is 1. The molecule has 3 nitrogen and oxygen atoms in total. The molecule has 0 aliphatic heterocycles. The van der Waals surface area contributed by atoms with E-state index in [0.717, 1.165) is 24.9 Å². The van der Waals surface area contributed by atoms with Gasteiger partial charge >= 0.3 is 0 Å². The molecule has 0 amide bonds. The summed E-state index contributed by atoms with van der Waals surface area (Å²) < 4.78 is 2.24. The van der Waals surface area contributed by atoms with Crippen molar-refractivity contribution in [1.82, 2.24) is 14.9 Å². The first kappa shape index (κ1) is 10.1. The van der Waals surface area contributed by atoms with Crippen molar-refractivity contribution in [3.63, 3.8) is 0 Å². The van der Waals surface area contributed by atoms with Gasteiger partial charge in [-0.25, -0.2) is 4.98 Å². The smallest absolute Gasteiger partial charge is 0.122 e. The van der Waals surface area contributed by atoms with Crippen LogP contribution in [0.2, 0.25) is 0 Å². The van der Waals surface area contributed by atoms with Gasteiger partial charge in [0.25, 0.3) is 0 Å². The predicted molar refractivity (Wildman–Crippen MR) is 60.5 cm³/mol. The van der Waals surface area contributed by atoms with Crippen LogP contribution in [0, 0.1) is 0 Å². The van der Waals surface area contributed by atoms with Crippen molar-refractivity contribution in [3.05, 3.63) is 18.2 Å². The summed E-state index contributed by atoms with van der Waals surface area (Å²) in [6.45, 7) is 1.99. The zero-order chi connectivity index (χ0) is 9.80. The molecule has 4 heteroatoms. The molecule has 1 saturated carbocycles. The summed E-state index contributed by atoms with van der Waals surface area (Å²) in [5, 5.41) is 3.49. The summed E-state index contributed by atoms with van der Waals surface area (Å²) in [6.07, 6.45) is 8.78. The Morgan fingerprint density at radius 3 is 3.21 bits per heavy atom. The second kappa shape index (κ2) is 4.84. The maximum Gasteiger partial charge on any atom is 0.122 e. The Bertz CT molecular complexity index is 281. The highest BCUT2D eigenvalue weighted by atomic mass is 32.2. The third-order valence-electron chi connectivity index (χ3n) is 2.46. The van der Waals surface area contributed by atoms with E-state index in [0.29, 0.717) is 0 Å². The van der Waals surface area contributed by atoms with E-state index in [1.165, 1.54) is 18.7 Å². The van der Waals surface area contributed by atoms with Crippen molar-refractivity contribution in [3.8, 4) is 0 Å². The van der Waals surface area contributed by atoms with Crippen molar-refractivity contribution in [1.29, 1.82) is 0 Å². The zero-order valence-electron chi connectivity index (χ0n) is 8.57. The zero-order valence-corrected chi connectivity index (χ0v) is 9.39. The first-order valence-corrected chi connectivity index (χ1v) is 6.52. The van der Waals surface area contributed by atoms with Crippen LogP contribution in [-0.2, 0) is 13.1 Å². The number of hydrogen-bond donors (Lipinski definition) is 1. The van der Waals surface area contributed by atoms with Crippen LogP contribution in [0.3, 0.4) is 0 Å². The van der Waals surface area contributed by atoms with Gasteiger partial charge in [-0.2, -0.15) is 11.8 Å². The molecule has 0 atom stereocenters. The average Bonchev–Trinajstić information content (AvgIpc) is 2.92. The average molecular weight is 211 g/mol. The minimum absolute atomic E-state index is 0.765. The van der Waals surface area contributed by atoms with E-state index >= 15 is 0 Å². The summed E-state index contributed by atoms with van der Waals surface area (Å²) in [6, 6.07) is 0.765. The molecule has 14 heavy (non-hydrogen) atoms. The molecule has 78 valence electrons. The molecule has 0 bridgehead atoms. The number of nitrogens with zero attached hydrogens (tertiary/aromatic N) is 2. The second-order valence-corrected chi connectivity index (χ2v) is 4.67. The molecule has 1 N–H and O–H groups in total. The Labute approximate surface area is 89.3 Å². The maximum atomic E-state index is 4.36. The Hall–Kier alpha value is -0.480. The van der Waals surface area contributed by atoms with Gasteiger partial charge in [0, 0.05) is 30.7 Å². The number of aryl methyl sites for hydroxylation is 1. The van der Waals surface area contributed by atoms with Gasteiger partial charge in [-0.3, -0.25) is 0 Å². The summed E-state index contributed by atoms with van der Waals surface area (Å²) in [5.74, 6) is 2.33. The van der Waals surface area contributed by atoms with Crippen LogP contribution in [0.4, 0.5) is 0 Å². The number of thioether (sulfide) groups is 1. The van der Waals surface area contributed by atoms with Crippen molar-refractivity contribution < 1.29 is 0 Å². The number of aromatic nitrogens is 2. The van der Waals surface area contributed by atoms with E-state index in [4.69, 9.17) is 0 Å². The maximum absolute atomic E-state index is 4.36. The molecule has 0 aromatic carbocycles. The van der Waals surface area contributed by atoms with E-state index in [2.05, 4.69) is 27.3 Å². The van der Waals surface area contributed by atoms with Crippen LogP contribution in [0.25, 0.3) is 0 Å². The van der Waals surface area contributed by atoms with Gasteiger partial charge in [0.15, 0.2) is 0 Å². The highest BCUT2D eigenvalue weighted by molar-refractivity contribution is 7.98. The number of imidazole rings is 1. The van der Waals surface area contributed by atoms with Crippen molar-refractivity contribution in [2.24, 2.45) is 0 Å². The lowest BCUT2D eigenvalue weighted by atomic mass is 10.5. The molecule has 1 aliphatic rings. The fourth-order valence-corrected chi connectivity index (χ4v) is 1.80. The van der Waals surface area contributed by atoms with Gasteiger partial charge in [-0.05, 0) is 19.1 Å². The highest BCUT2D eigenvalue weighted by Crippen LogP contribution is 2.19. The van der Waals surface area contributed by atoms with Crippen LogP contribution in [0.1, 0.15) is 18.7 Å². The first-order valence-electron chi connectivity index (χ1n) is 5.12. The van der Waals surface area contributed by atoms with Gasteiger partial charge in [0.2, 0.25) is 0 Å². The van der Waals surface area contributed by atoms with Crippen molar-refractivity contribution >= 4 is 11.8 Å². The number of rotatable bonds is 6. The molecule has 1 aliphatic carbocycles. The lowest BCUT2D eigenvalue weighted by Gasteiger charge is -2.07. The van der Waals surface area contributed by atoms with Gasteiger partial charge in [-0.1, -0.05) is 0 Å². The lowest BCUT2D eigenvalue weighted by molar-refractivity contribution is 0.612. The minimum atomic E-state index is 0.765. The van der Waals surface area contributed by atoms with Crippen LogP contribution < -0.4 is 5.32 Å². The van der Waals surface area contributed by atoms with Gasteiger partial charge < -0.3 is 9.88 Å². The predicted octanol–water partition coefficient (Wildman–Crippen LogP) is 1.50. The molecule has 0 radical (unpaired) electrons. The molecule has 0 saturated heterocycles. The molecular formula is C10H17N3S. The molecular weight excluding hydrogens is 194 g/mol. The summed E-state index contributed by atoms with van der Waals surface area (Å²) >= 11 is 1.88. The SMILES string of the molecule is CSCCn1ccnc1CNC1CC1. The van der Waals surface area contributed by atoms with Crippen LogP contribution >= 0.6 is 11.8 Å². The fraction of sp³-hybridized carbons (Fsp3) is 0.700. The van der Waals surface area contributed by atoms with Crippen molar-refractivity contribution in [2.45, 2.75) is 32.0 Å². The Balaban J connectivity index is 1.83. The number of hydrogen-bond acceptors (Lipinski definition) is 3. The van der Waals surface area contributed by atoms with Crippen LogP contribution in [0.15, 0.2) is 12.4 Å². The standard InChI is InChI=1S/C10H17N3S/c1-14-7-6-13-5-4-11-10(13)8-12-9-2-3-9/h4-5,9,12H,2-3,6-8H2,1H3. The summed E-state index contributed by atoms with van der Waals surface area (Å²) in [7, 11) is 0. The van der Waals surface area contributed by atoms with Gasteiger partial charge in [0.1, 0.15) is 5.82 Å². The highest BCUT2D eigenvalue weighted by Gasteiger charge is 2.20. The third-order valence-corrected chi connectivity index (χ3v) is 3.06. The van der Waals surface area contributed by atoms with E-state index < -0.39 is 0 Å². The molecule has 2 rings (SSSR count). The Morgan fingerprint density at radius 1 is 1.64 bits per heavy atom. The molecule has 0 unspecified atom stereocenters. The Kier molecular flexibility index (Phi) is 3.48. The van der Waals surface area contributed by atoms with Gasteiger partial charge in [-0.15, -0.1) is 0 Å². The first-order chi connectivity index (χ1) is 6.90. The second-order valence-electron chi connectivity index (χ2n) is 3.68. The topological polar surface area (TPSA) is 29.9 Å². The molecule has 1 aromatic heterocycles. The molecule has 1 fully saturated rings. The van der Waals surface area contributed by atoms with Crippen LogP contribution in [-0.4, -0.2) is 27.6 Å². The van der Waals surface area contributed by atoms with Gasteiger partial charge in [0.05, 0.1) is 6.54 Å². The van der Waals surface area contributed by atoms with Crippen LogP contribution in [0.5, 0.6) is 0 Å². The fourth-order valence-electron chi connectivity index (χ4n) is 1.42. The summed E-state index contributed by atoms with van der Waals surface area (Å²) in [5.41, 5.74) is 0. The lowest BCUT2D eigenvalue weighted by Crippen LogP contribution is -2.19. The van der Waals surface area contributed by atoms with E-state index in [1.54, 1.807) is 0 Å². The van der Waals surface area contributed by atoms with E-state index in [9.17, 15) is 0 Å². The quantitative estimate of drug-likeness (QED) is 0.773. The monoisotopic (exact) mass is 211 g/mol. The largest absolute Gasteiger partial charge is 0.333 e. The van der Waals surface area contributed by atoms with E-state index in [-0.39, 0.29) is 0 Å². The van der Waals surface area contributed by atoms with Crippen molar-refractivity contribution in [2.75, 3.05) is 12.0 Å². The molecule has 0 spiro atoms. The minimum Gasteiger partial charge on any atom is -0.333 e. The molecule has 1 heterocycles. The third kappa shape index (κ3) is 2.75. The molecule has 1 aromatic rings. The Morgan fingerprint density at radius 2 is 2.50 bits per heavy atom. The normalized spacial score (nSPS) is 16.1. The van der Waals surface area contributed by atoms with E-state index in [1.807, 2.05) is 18.0 Å².